The van der Waals surface area contributed by atoms with Crippen LogP contribution in [0.15, 0.2) is 48.5 Å². The van der Waals surface area contributed by atoms with Gasteiger partial charge in [-0.25, -0.2) is 9.78 Å². The molecule has 4 nitrogen and oxygen atoms in total. The molecule has 21 heavy (non-hydrogen) atoms. The average Bonchev–Trinajstić information content (AvgIpc) is 2.46. The maximum atomic E-state index is 11.5. The maximum absolute atomic E-state index is 11.5. The van der Waals surface area contributed by atoms with E-state index in [0.717, 1.165) is 11.1 Å². The van der Waals surface area contributed by atoms with Gasteiger partial charge < -0.3 is 10.8 Å². The number of fused-ring (bicyclic) bond motifs is 1. The number of pyridine rings is 1. The van der Waals surface area contributed by atoms with Crippen molar-refractivity contribution in [2.45, 2.75) is 6.92 Å². The summed E-state index contributed by atoms with van der Waals surface area (Å²) in [6.45, 7) is 1.96. The van der Waals surface area contributed by atoms with Crippen LogP contribution in [0.3, 0.4) is 0 Å². The van der Waals surface area contributed by atoms with Crippen molar-refractivity contribution >= 4 is 22.6 Å². The number of benzene rings is 2. The zero-order chi connectivity index (χ0) is 15.0. The summed E-state index contributed by atoms with van der Waals surface area (Å²) in [4.78, 5) is 16.1. The number of anilines is 1. The summed E-state index contributed by atoms with van der Waals surface area (Å²) in [7, 11) is 0. The third-order valence-corrected chi connectivity index (χ3v) is 3.40. The monoisotopic (exact) mass is 278 g/mol. The fraction of sp³-hybridized carbons (Fsp3) is 0.0588. The van der Waals surface area contributed by atoms with Crippen molar-refractivity contribution in [1.29, 1.82) is 0 Å². The Morgan fingerprint density at radius 3 is 2.48 bits per heavy atom. The lowest BCUT2D eigenvalue weighted by molar-refractivity contribution is 0.0699. The molecule has 0 fully saturated rings. The number of carboxylic acid groups (broad SMARTS) is 1. The topological polar surface area (TPSA) is 76.2 Å². The molecule has 2 aromatic carbocycles. The lowest BCUT2D eigenvalue weighted by Gasteiger charge is -2.08. The number of nitrogen functional groups attached to an aromatic ring is 1. The van der Waals surface area contributed by atoms with E-state index in [1.807, 2.05) is 31.2 Å². The molecule has 0 atom stereocenters. The van der Waals surface area contributed by atoms with E-state index in [1.165, 1.54) is 0 Å². The molecule has 0 amide bonds. The Hall–Kier alpha value is -2.88. The number of aromatic carboxylic acids is 1. The van der Waals surface area contributed by atoms with Gasteiger partial charge in [0.25, 0.3) is 0 Å². The zero-order valence-corrected chi connectivity index (χ0v) is 11.5. The average molecular weight is 278 g/mol. The number of nitrogens with zero attached hydrogens (tertiary/aromatic N) is 1. The summed E-state index contributed by atoms with van der Waals surface area (Å²) in [5.41, 5.74) is 9.79. The molecular weight excluding hydrogens is 264 g/mol. The van der Waals surface area contributed by atoms with E-state index in [1.54, 1.807) is 24.3 Å². The van der Waals surface area contributed by atoms with Gasteiger partial charge in [0, 0.05) is 16.6 Å². The van der Waals surface area contributed by atoms with Crippen LogP contribution in [0.5, 0.6) is 0 Å². The first kappa shape index (κ1) is 13.1. The normalized spacial score (nSPS) is 10.7. The molecule has 0 radical (unpaired) electrons. The molecule has 3 rings (SSSR count). The molecule has 3 aromatic rings. The van der Waals surface area contributed by atoms with Gasteiger partial charge in [0.05, 0.1) is 16.8 Å². The van der Waals surface area contributed by atoms with E-state index in [0.29, 0.717) is 22.3 Å². The van der Waals surface area contributed by atoms with Crippen LogP contribution in [0.2, 0.25) is 0 Å². The molecule has 1 aromatic heterocycles. The van der Waals surface area contributed by atoms with E-state index in [9.17, 15) is 9.90 Å². The Labute approximate surface area is 121 Å². The highest BCUT2D eigenvalue weighted by Crippen LogP contribution is 2.26. The Balaban J connectivity index is 2.29. The van der Waals surface area contributed by atoms with Crippen LogP contribution >= 0.6 is 0 Å². The van der Waals surface area contributed by atoms with Crippen LogP contribution in [0, 0.1) is 6.92 Å². The Bertz CT molecular complexity index is 839. The molecular formula is C17H14N2O2. The fourth-order valence-corrected chi connectivity index (χ4v) is 2.32. The molecule has 0 aliphatic carbocycles. The SMILES string of the molecule is Cc1ccc2c(C(=O)O)cc(-c3ccc(N)cc3)nc2c1. The molecule has 0 unspecified atom stereocenters. The van der Waals surface area contributed by atoms with Crippen molar-refractivity contribution in [3.63, 3.8) is 0 Å². The lowest BCUT2D eigenvalue weighted by Crippen LogP contribution is -2.00. The summed E-state index contributed by atoms with van der Waals surface area (Å²) < 4.78 is 0. The minimum absolute atomic E-state index is 0.256. The lowest BCUT2D eigenvalue weighted by atomic mass is 10.0. The van der Waals surface area contributed by atoms with E-state index in [2.05, 4.69) is 4.98 Å². The molecule has 3 N–H and O–H groups in total. The van der Waals surface area contributed by atoms with E-state index < -0.39 is 5.97 Å². The molecule has 0 aliphatic heterocycles. The highest BCUT2D eigenvalue weighted by Gasteiger charge is 2.13. The van der Waals surface area contributed by atoms with Gasteiger partial charge in [-0.05, 0) is 36.8 Å². The highest BCUT2D eigenvalue weighted by atomic mass is 16.4. The van der Waals surface area contributed by atoms with Crippen molar-refractivity contribution in [2.75, 3.05) is 5.73 Å². The summed E-state index contributed by atoms with van der Waals surface area (Å²) in [6, 6.07) is 14.4. The van der Waals surface area contributed by atoms with Crippen molar-refractivity contribution in [2.24, 2.45) is 0 Å². The zero-order valence-electron chi connectivity index (χ0n) is 11.5. The Kier molecular flexibility index (Phi) is 3.06. The first-order valence-electron chi connectivity index (χ1n) is 6.55. The maximum Gasteiger partial charge on any atom is 0.336 e. The molecule has 104 valence electrons. The second-order valence-electron chi connectivity index (χ2n) is 5.00. The van der Waals surface area contributed by atoms with E-state index in [-0.39, 0.29) is 5.56 Å². The van der Waals surface area contributed by atoms with Gasteiger partial charge in [0.1, 0.15) is 0 Å². The summed E-state index contributed by atoms with van der Waals surface area (Å²) in [5, 5.41) is 10.1. The predicted octanol–water partition coefficient (Wildman–Crippen LogP) is 3.49. The Morgan fingerprint density at radius 2 is 1.81 bits per heavy atom. The first-order chi connectivity index (χ1) is 10.0. The third-order valence-electron chi connectivity index (χ3n) is 3.40. The summed E-state index contributed by atoms with van der Waals surface area (Å²) in [5.74, 6) is -0.956. The minimum Gasteiger partial charge on any atom is -0.478 e. The largest absolute Gasteiger partial charge is 0.478 e. The number of nitrogens with two attached hydrogens (primary N) is 1. The quantitative estimate of drug-likeness (QED) is 0.703. The number of aromatic nitrogens is 1. The van der Waals surface area contributed by atoms with Gasteiger partial charge in [-0.3, -0.25) is 0 Å². The van der Waals surface area contributed by atoms with Gasteiger partial charge in [0.2, 0.25) is 0 Å². The molecule has 0 saturated heterocycles. The first-order valence-corrected chi connectivity index (χ1v) is 6.55. The van der Waals surface area contributed by atoms with Crippen molar-refractivity contribution in [3.05, 3.63) is 59.7 Å². The van der Waals surface area contributed by atoms with Crippen molar-refractivity contribution in [3.8, 4) is 11.3 Å². The number of hydrogen-bond acceptors (Lipinski definition) is 3. The van der Waals surface area contributed by atoms with Gasteiger partial charge in [-0.15, -0.1) is 0 Å². The van der Waals surface area contributed by atoms with Gasteiger partial charge in [-0.2, -0.15) is 0 Å². The number of rotatable bonds is 2. The number of hydrogen-bond donors (Lipinski definition) is 2. The third kappa shape index (κ3) is 2.43. The molecule has 1 heterocycles. The predicted molar refractivity (Wildman–Crippen MR) is 83.3 cm³/mol. The van der Waals surface area contributed by atoms with E-state index in [4.69, 9.17) is 5.73 Å². The van der Waals surface area contributed by atoms with Crippen LogP contribution in [-0.4, -0.2) is 16.1 Å². The van der Waals surface area contributed by atoms with Gasteiger partial charge in [-0.1, -0.05) is 24.3 Å². The van der Waals surface area contributed by atoms with E-state index >= 15 is 0 Å². The number of aryl methyl sites for hydroxylation is 1. The Morgan fingerprint density at radius 1 is 1.10 bits per heavy atom. The molecule has 0 spiro atoms. The van der Waals surface area contributed by atoms with Gasteiger partial charge in [0.15, 0.2) is 0 Å². The van der Waals surface area contributed by atoms with Crippen LogP contribution in [-0.2, 0) is 0 Å². The van der Waals surface area contributed by atoms with Crippen LogP contribution in [0.4, 0.5) is 5.69 Å². The van der Waals surface area contributed by atoms with Crippen molar-refractivity contribution in [1.82, 2.24) is 4.98 Å². The number of carbonyl (C=O) groups is 1. The van der Waals surface area contributed by atoms with Crippen molar-refractivity contribution < 1.29 is 9.90 Å². The molecule has 0 bridgehead atoms. The fourth-order valence-electron chi connectivity index (χ4n) is 2.32. The molecule has 0 aliphatic rings. The standard InChI is InChI=1S/C17H14N2O2/c1-10-2-7-13-14(17(20)21)9-15(19-16(13)8-10)11-3-5-12(18)6-4-11/h2-9H,18H2,1H3,(H,20,21). The molecule has 0 saturated carbocycles. The smallest absolute Gasteiger partial charge is 0.336 e. The minimum atomic E-state index is -0.956. The van der Waals surface area contributed by atoms with Crippen LogP contribution in [0.1, 0.15) is 15.9 Å². The molecule has 4 heteroatoms. The van der Waals surface area contributed by atoms with Gasteiger partial charge >= 0.3 is 5.97 Å². The second kappa shape index (κ2) is 4.90. The highest BCUT2D eigenvalue weighted by molar-refractivity contribution is 6.03. The van der Waals surface area contributed by atoms with Crippen LogP contribution in [0.25, 0.3) is 22.2 Å². The number of carboxylic acids is 1. The van der Waals surface area contributed by atoms with Crippen LogP contribution < -0.4 is 5.73 Å². The summed E-state index contributed by atoms with van der Waals surface area (Å²) >= 11 is 0. The summed E-state index contributed by atoms with van der Waals surface area (Å²) in [6.07, 6.45) is 0. The second-order valence-corrected chi connectivity index (χ2v) is 5.00.